The summed E-state index contributed by atoms with van der Waals surface area (Å²) in [4.78, 5) is 22.6. The van der Waals surface area contributed by atoms with Crippen molar-refractivity contribution in [2.24, 2.45) is 0 Å². The molecule has 0 aliphatic carbocycles. The number of rotatable bonds is 10. The van der Waals surface area contributed by atoms with Crippen molar-refractivity contribution in [3.63, 3.8) is 0 Å². The van der Waals surface area contributed by atoms with Crippen molar-refractivity contribution >= 4 is 11.9 Å². The Kier molecular flexibility index (Phi) is 9.00. The van der Waals surface area contributed by atoms with Gasteiger partial charge in [-0.2, -0.15) is 0 Å². The second-order valence-electron chi connectivity index (χ2n) is 7.78. The van der Waals surface area contributed by atoms with Crippen LogP contribution in [0.5, 0.6) is 11.5 Å². The number of hydrogen-bond acceptors (Lipinski definition) is 6. The summed E-state index contributed by atoms with van der Waals surface area (Å²) in [5.41, 5.74) is 4.82. The molecule has 0 saturated carbocycles. The Labute approximate surface area is 210 Å². The fourth-order valence-electron chi connectivity index (χ4n) is 2.90. The van der Waals surface area contributed by atoms with Crippen LogP contribution in [0.4, 0.5) is 0 Å². The van der Waals surface area contributed by atoms with Gasteiger partial charge in [-0.15, -0.1) is 0 Å². The highest BCUT2D eigenvalue weighted by molar-refractivity contribution is 5.87. The first kappa shape index (κ1) is 25.8. The minimum atomic E-state index is -0.506. The van der Waals surface area contributed by atoms with E-state index in [2.05, 4.69) is 13.2 Å². The first-order valence-corrected chi connectivity index (χ1v) is 11.0. The average Bonchev–Trinajstić information content (AvgIpc) is 2.89. The van der Waals surface area contributed by atoms with E-state index in [-0.39, 0.29) is 0 Å². The van der Waals surface area contributed by atoms with Gasteiger partial charge in [0.25, 0.3) is 0 Å². The van der Waals surface area contributed by atoms with Crippen molar-refractivity contribution in [1.82, 2.24) is 0 Å². The highest BCUT2D eigenvalue weighted by atomic mass is 16.5. The van der Waals surface area contributed by atoms with E-state index < -0.39 is 11.9 Å². The average molecular weight is 483 g/mol. The number of esters is 2. The zero-order chi connectivity index (χ0) is 25.9. The van der Waals surface area contributed by atoms with Gasteiger partial charge in [-0.05, 0) is 60.4 Å². The quantitative estimate of drug-likeness (QED) is 0.177. The maximum absolute atomic E-state index is 11.3. The molecule has 0 aliphatic heterocycles. The highest BCUT2D eigenvalue weighted by Gasteiger charge is 2.03. The van der Waals surface area contributed by atoms with Crippen molar-refractivity contribution in [2.45, 2.75) is 13.8 Å². The van der Waals surface area contributed by atoms with Gasteiger partial charge in [0.2, 0.25) is 0 Å². The maximum atomic E-state index is 11.3. The molecule has 0 N–H and O–H groups in total. The van der Waals surface area contributed by atoms with E-state index in [1.807, 2.05) is 72.8 Å². The molecule has 0 atom stereocenters. The van der Waals surface area contributed by atoms with Crippen LogP contribution in [0.15, 0.2) is 122 Å². The Morgan fingerprint density at radius 1 is 0.528 bits per heavy atom. The molecule has 182 valence electrons. The maximum Gasteiger partial charge on any atom is 0.338 e. The van der Waals surface area contributed by atoms with Crippen molar-refractivity contribution in [2.75, 3.05) is 0 Å². The molecule has 0 aliphatic rings. The first-order chi connectivity index (χ1) is 17.3. The van der Waals surface area contributed by atoms with E-state index >= 15 is 0 Å². The van der Waals surface area contributed by atoms with Gasteiger partial charge in [0.15, 0.2) is 0 Å². The Morgan fingerprint density at radius 2 is 0.806 bits per heavy atom. The first-order valence-electron chi connectivity index (χ1n) is 11.0. The van der Waals surface area contributed by atoms with Gasteiger partial charge in [-0.25, -0.2) is 9.59 Å². The Bertz CT molecular complexity index is 1180. The summed E-state index contributed by atoms with van der Waals surface area (Å²) in [5.74, 6) is 0.219. The minimum absolute atomic E-state index is 0.314. The van der Waals surface area contributed by atoms with Gasteiger partial charge in [0.1, 0.15) is 36.5 Å². The molecule has 36 heavy (non-hydrogen) atoms. The molecule has 0 unspecified atom stereocenters. The second kappa shape index (κ2) is 12.6. The number of carbonyl (C=O) groups is 2. The van der Waals surface area contributed by atoms with E-state index in [1.165, 1.54) is 25.0 Å². The molecular weight excluding hydrogens is 456 g/mol. The summed E-state index contributed by atoms with van der Waals surface area (Å²) < 4.78 is 20.5. The molecule has 3 rings (SSSR count). The molecule has 0 fully saturated rings. The van der Waals surface area contributed by atoms with Crippen LogP contribution in [0.1, 0.15) is 13.8 Å². The summed E-state index contributed by atoms with van der Waals surface area (Å²) >= 11 is 0. The normalized spacial score (nSPS) is 10.7. The van der Waals surface area contributed by atoms with Crippen LogP contribution in [-0.2, 0) is 19.1 Å². The SMILES string of the molecule is C=C(C)C(=O)OC=COc1ccc(-c2ccc(-c3ccc(OC=COC(=O)C(=C)C)cc3)cc2)cc1. The number of hydrogen-bond donors (Lipinski definition) is 0. The summed E-state index contributed by atoms with van der Waals surface area (Å²) in [5, 5.41) is 0. The van der Waals surface area contributed by atoms with Gasteiger partial charge >= 0.3 is 11.9 Å². The lowest BCUT2D eigenvalue weighted by molar-refractivity contribution is -0.134. The van der Waals surface area contributed by atoms with E-state index in [1.54, 1.807) is 13.8 Å². The predicted octanol–water partition coefficient (Wildman–Crippen LogP) is 6.96. The third kappa shape index (κ3) is 7.60. The van der Waals surface area contributed by atoms with Crippen LogP contribution >= 0.6 is 0 Å². The lowest BCUT2D eigenvalue weighted by Crippen LogP contribution is -1.99. The topological polar surface area (TPSA) is 71.1 Å². The predicted molar refractivity (Wildman–Crippen MR) is 139 cm³/mol. The molecule has 0 amide bonds. The second-order valence-corrected chi connectivity index (χ2v) is 7.78. The van der Waals surface area contributed by atoms with Crippen LogP contribution in [0.25, 0.3) is 22.3 Å². The number of benzene rings is 3. The monoisotopic (exact) mass is 482 g/mol. The Morgan fingerprint density at radius 3 is 1.08 bits per heavy atom. The zero-order valence-corrected chi connectivity index (χ0v) is 20.1. The minimum Gasteiger partial charge on any atom is -0.462 e. The molecular formula is C30H26O6. The van der Waals surface area contributed by atoms with Gasteiger partial charge in [0, 0.05) is 11.1 Å². The molecule has 6 nitrogen and oxygen atoms in total. The van der Waals surface area contributed by atoms with Crippen molar-refractivity contribution in [3.05, 3.63) is 122 Å². The van der Waals surface area contributed by atoms with Crippen molar-refractivity contribution in [3.8, 4) is 33.8 Å². The summed E-state index contributed by atoms with van der Waals surface area (Å²) in [6.45, 7) is 10.2. The molecule has 3 aromatic carbocycles. The largest absolute Gasteiger partial charge is 0.462 e. The fraction of sp³-hybridized carbons (Fsp3) is 0.0667. The van der Waals surface area contributed by atoms with E-state index in [0.717, 1.165) is 22.3 Å². The van der Waals surface area contributed by atoms with Gasteiger partial charge in [-0.3, -0.25) is 0 Å². The number of ether oxygens (including phenoxy) is 4. The molecule has 0 spiro atoms. The molecule has 0 heterocycles. The summed E-state index contributed by atoms with van der Waals surface area (Å²) in [6.07, 6.45) is 4.97. The third-order valence-electron chi connectivity index (χ3n) is 4.83. The van der Waals surface area contributed by atoms with Crippen molar-refractivity contribution < 1.29 is 28.5 Å². The number of carbonyl (C=O) groups excluding carboxylic acids is 2. The van der Waals surface area contributed by atoms with Crippen LogP contribution in [-0.4, -0.2) is 11.9 Å². The lowest BCUT2D eigenvalue weighted by Gasteiger charge is -2.07. The third-order valence-corrected chi connectivity index (χ3v) is 4.83. The smallest absolute Gasteiger partial charge is 0.338 e. The fourth-order valence-corrected chi connectivity index (χ4v) is 2.90. The summed E-state index contributed by atoms with van der Waals surface area (Å²) in [7, 11) is 0. The Hall–Kier alpha value is -4.84. The van der Waals surface area contributed by atoms with E-state index in [4.69, 9.17) is 18.9 Å². The molecule has 0 aromatic heterocycles. The summed E-state index contributed by atoms with van der Waals surface area (Å²) in [6, 6.07) is 23.3. The van der Waals surface area contributed by atoms with Crippen LogP contribution in [0.3, 0.4) is 0 Å². The molecule has 6 heteroatoms. The Balaban J connectivity index is 1.55. The van der Waals surface area contributed by atoms with E-state index in [9.17, 15) is 9.59 Å². The molecule has 0 bridgehead atoms. The molecule has 0 radical (unpaired) electrons. The van der Waals surface area contributed by atoms with Gasteiger partial charge in [0.05, 0.1) is 0 Å². The lowest BCUT2D eigenvalue weighted by atomic mass is 10.0. The van der Waals surface area contributed by atoms with Crippen molar-refractivity contribution in [1.29, 1.82) is 0 Å². The van der Waals surface area contributed by atoms with Gasteiger partial charge in [-0.1, -0.05) is 61.7 Å². The zero-order valence-electron chi connectivity index (χ0n) is 20.1. The highest BCUT2D eigenvalue weighted by Crippen LogP contribution is 2.27. The van der Waals surface area contributed by atoms with Gasteiger partial charge < -0.3 is 18.9 Å². The van der Waals surface area contributed by atoms with E-state index in [0.29, 0.717) is 22.6 Å². The standard InChI is InChI=1S/C30H26O6/c1-21(2)29(31)35-19-17-33-27-13-9-25(10-14-27)23-5-7-24(8-6-23)26-11-15-28(16-12-26)34-18-20-36-30(32)22(3)4/h5-20H,1,3H2,2,4H3. The van der Waals surface area contributed by atoms with Crippen LogP contribution < -0.4 is 9.47 Å². The van der Waals surface area contributed by atoms with Crippen LogP contribution in [0, 0.1) is 0 Å². The molecule has 3 aromatic rings. The van der Waals surface area contributed by atoms with Crippen LogP contribution in [0.2, 0.25) is 0 Å². The molecule has 0 saturated heterocycles.